The Morgan fingerprint density at radius 2 is 0.671 bits per heavy atom. The van der Waals surface area contributed by atoms with Crippen LogP contribution in [0.15, 0.2) is 248 Å². The second-order valence-electron chi connectivity index (χ2n) is 20.3. The van der Waals surface area contributed by atoms with E-state index < -0.39 is 0 Å². The standard InChI is InChI=1S/C56H40.C13H20.C5H12.C2H6/c1-7-20-39(21-8-1)47-32-19-33-48(40-22-9-2-10-23-40)52(51(47)41-24-11-3-12-25-41)45-34-36-46(37-35-45)56-54(43-28-15-5-16-29-43)50-38-49(50)53(42-26-13-4-14-27-42)55(56)44-30-17-6-18-31-44;1-5-13(4,6-2)12-9-7-11(3)8-10-12;1-3-5-4-2;1-2/h1-18,20-37,49-50H,38H2;7-10H,5-6H2,1-4H3;3-5H2,1-2H3;1-2H3. The van der Waals surface area contributed by atoms with Crippen molar-refractivity contribution in [1.82, 2.24) is 0 Å². The number of hydrogen-bond donors (Lipinski definition) is 0. The lowest BCUT2D eigenvalue weighted by Gasteiger charge is -2.28. The van der Waals surface area contributed by atoms with Gasteiger partial charge < -0.3 is 0 Å². The Bertz CT molecular complexity index is 3280. The van der Waals surface area contributed by atoms with Crippen molar-refractivity contribution in [3.63, 3.8) is 0 Å². The first-order valence-corrected chi connectivity index (χ1v) is 28.3. The third-order valence-electron chi connectivity index (χ3n) is 15.5. The molecular formula is C76H78. The Labute approximate surface area is 457 Å². The van der Waals surface area contributed by atoms with Gasteiger partial charge >= 0.3 is 0 Å². The summed E-state index contributed by atoms with van der Waals surface area (Å²) in [6.07, 6.45) is 12.0. The molecule has 0 saturated heterocycles. The van der Waals surface area contributed by atoms with Gasteiger partial charge in [-0.1, -0.05) is 304 Å². The van der Waals surface area contributed by atoms with Gasteiger partial charge in [0, 0.05) is 0 Å². The maximum absolute atomic E-state index is 3.61. The quantitative estimate of drug-likeness (QED) is 0.101. The number of aryl methyl sites for hydroxylation is 1. The third kappa shape index (κ3) is 12.5. The normalized spacial score (nSPS) is 15.6. The minimum atomic E-state index is 0.369. The zero-order valence-corrected chi connectivity index (χ0v) is 46.5. The van der Waals surface area contributed by atoms with Crippen LogP contribution < -0.4 is 0 Å². The molecule has 76 heavy (non-hydrogen) atoms. The second kappa shape index (κ2) is 26.6. The molecule has 0 N–H and O–H groups in total. The van der Waals surface area contributed by atoms with Gasteiger partial charge in [0.2, 0.25) is 0 Å². The highest BCUT2D eigenvalue weighted by molar-refractivity contribution is 6.26. The lowest BCUT2D eigenvalue weighted by molar-refractivity contribution is 0.439. The molecule has 0 aliphatic heterocycles. The van der Waals surface area contributed by atoms with Crippen molar-refractivity contribution in [3.8, 4) is 0 Å². The fourth-order valence-electron chi connectivity index (χ4n) is 10.9. The summed E-state index contributed by atoms with van der Waals surface area (Å²) >= 11 is 0. The summed E-state index contributed by atoms with van der Waals surface area (Å²) < 4.78 is 0. The monoisotopic (exact) mass is 991 g/mol. The molecule has 1 saturated carbocycles. The van der Waals surface area contributed by atoms with Crippen molar-refractivity contribution in [1.29, 1.82) is 0 Å². The first-order valence-electron chi connectivity index (χ1n) is 28.3. The summed E-state index contributed by atoms with van der Waals surface area (Å²) in [5, 5.41) is 0. The first-order chi connectivity index (χ1) is 37.4. The molecular weight excluding hydrogens is 913 g/mol. The fraction of sp³-hybridized carbons (Fsp3) is 0.224. The summed E-state index contributed by atoms with van der Waals surface area (Å²) in [4.78, 5) is 0. The van der Waals surface area contributed by atoms with Gasteiger partial charge in [-0.05, 0) is 150 Å². The zero-order chi connectivity index (χ0) is 53.3. The van der Waals surface area contributed by atoms with Crippen molar-refractivity contribution in [3.05, 3.63) is 304 Å². The van der Waals surface area contributed by atoms with Crippen LogP contribution in [0, 0.1) is 18.8 Å². The van der Waals surface area contributed by atoms with Gasteiger partial charge in [0.1, 0.15) is 0 Å². The maximum Gasteiger partial charge on any atom is -0.00141 e. The van der Waals surface area contributed by atoms with Crippen molar-refractivity contribution in [2.75, 3.05) is 0 Å². The molecule has 2 atom stereocenters. The van der Waals surface area contributed by atoms with E-state index in [0.29, 0.717) is 17.3 Å². The van der Waals surface area contributed by atoms with Crippen LogP contribution in [0.1, 0.15) is 143 Å². The highest BCUT2D eigenvalue weighted by Crippen LogP contribution is 2.64. The Kier molecular flexibility index (Phi) is 19.1. The van der Waals surface area contributed by atoms with E-state index in [1.54, 1.807) is 0 Å². The van der Waals surface area contributed by atoms with Gasteiger partial charge in [-0.15, -0.1) is 5.73 Å². The maximum atomic E-state index is 3.61. The fourth-order valence-corrected chi connectivity index (χ4v) is 10.9. The minimum absolute atomic E-state index is 0.369. The molecule has 8 aromatic carbocycles. The number of benzene rings is 8. The predicted octanol–water partition coefficient (Wildman–Crippen LogP) is 21.4. The van der Waals surface area contributed by atoms with Crippen LogP contribution in [-0.4, -0.2) is 0 Å². The van der Waals surface area contributed by atoms with E-state index in [1.807, 2.05) is 13.8 Å². The molecule has 382 valence electrons. The molecule has 3 aliphatic rings. The Morgan fingerprint density at radius 3 is 1.00 bits per heavy atom. The smallest absolute Gasteiger partial charge is 0.00141 e. The number of unbranched alkanes of at least 4 members (excludes halogenated alkanes) is 2. The third-order valence-corrected chi connectivity index (χ3v) is 15.5. The summed E-state index contributed by atoms with van der Waals surface area (Å²) in [6.45, 7) is 17.4. The molecule has 0 amide bonds. The van der Waals surface area contributed by atoms with E-state index in [2.05, 4.69) is 290 Å². The SMILES string of the molecule is C1=CC(c2ccccc2)=C(c2ccccc2)C(c2ccc(C3=C(c4ccccc4)C4CC4C(c4ccccc4)=C3c3ccccc3)cc2)=C(c2ccccc2)C=1.CC.CCC(C)(CC)c1ccc(C)cc1.CCCCC. The van der Waals surface area contributed by atoms with E-state index in [-0.39, 0.29) is 0 Å². The minimum Gasteiger partial charge on any atom is -0.119 e. The van der Waals surface area contributed by atoms with Crippen LogP contribution >= 0.6 is 0 Å². The molecule has 8 aromatic rings. The van der Waals surface area contributed by atoms with Crippen LogP contribution in [0.4, 0.5) is 0 Å². The molecule has 0 spiro atoms. The summed E-state index contributed by atoms with van der Waals surface area (Å²) in [5.74, 6) is 0.964. The van der Waals surface area contributed by atoms with E-state index in [4.69, 9.17) is 0 Å². The number of rotatable bonds is 13. The average Bonchev–Trinajstić information content (AvgIpc) is 4.38. The molecule has 0 radical (unpaired) electrons. The van der Waals surface area contributed by atoms with Gasteiger partial charge in [-0.3, -0.25) is 0 Å². The molecule has 1 fully saturated rings. The highest BCUT2D eigenvalue weighted by atomic mass is 14.5. The van der Waals surface area contributed by atoms with E-state index in [1.165, 1.54) is 116 Å². The Morgan fingerprint density at radius 1 is 0.368 bits per heavy atom. The van der Waals surface area contributed by atoms with Crippen LogP contribution in [0.3, 0.4) is 0 Å². The topological polar surface area (TPSA) is 0 Å². The van der Waals surface area contributed by atoms with Crippen LogP contribution in [-0.2, 0) is 5.41 Å². The number of fused-ring (bicyclic) bond motifs is 1. The predicted molar refractivity (Wildman–Crippen MR) is 332 cm³/mol. The van der Waals surface area contributed by atoms with Crippen LogP contribution in [0.2, 0.25) is 0 Å². The molecule has 2 unspecified atom stereocenters. The Hall–Kier alpha value is -7.76. The zero-order valence-electron chi connectivity index (χ0n) is 46.5. The van der Waals surface area contributed by atoms with Crippen LogP contribution in [0.25, 0.3) is 44.6 Å². The number of hydrogen-bond acceptors (Lipinski definition) is 0. The molecule has 0 heteroatoms. The van der Waals surface area contributed by atoms with Crippen molar-refractivity contribution in [2.24, 2.45) is 11.8 Å². The molecule has 0 bridgehead atoms. The molecule has 11 rings (SSSR count). The van der Waals surface area contributed by atoms with Gasteiger partial charge in [0.25, 0.3) is 0 Å². The number of allylic oxidation sites excluding steroid dienone is 9. The van der Waals surface area contributed by atoms with Crippen LogP contribution in [0.5, 0.6) is 0 Å². The van der Waals surface area contributed by atoms with Gasteiger partial charge in [0.15, 0.2) is 0 Å². The van der Waals surface area contributed by atoms with E-state index >= 15 is 0 Å². The largest absolute Gasteiger partial charge is 0.119 e. The van der Waals surface area contributed by atoms with Crippen molar-refractivity contribution < 1.29 is 0 Å². The molecule has 0 heterocycles. The molecule has 0 aromatic heterocycles. The molecule has 3 aliphatic carbocycles. The summed E-state index contributed by atoms with van der Waals surface area (Å²) in [6, 6.07) is 84.1. The van der Waals surface area contributed by atoms with E-state index in [0.717, 1.165) is 23.1 Å². The van der Waals surface area contributed by atoms with Crippen molar-refractivity contribution in [2.45, 2.75) is 99.3 Å². The second-order valence-corrected chi connectivity index (χ2v) is 20.3. The lowest BCUT2D eigenvalue weighted by Crippen LogP contribution is -2.19. The van der Waals surface area contributed by atoms with Crippen molar-refractivity contribution >= 4 is 44.6 Å². The average molecular weight is 991 g/mol. The lowest BCUT2D eigenvalue weighted by atomic mass is 9.75. The van der Waals surface area contributed by atoms with Gasteiger partial charge in [0.05, 0.1) is 0 Å². The van der Waals surface area contributed by atoms with E-state index in [9.17, 15) is 0 Å². The summed E-state index contributed by atoms with van der Waals surface area (Å²) in [7, 11) is 0. The highest BCUT2D eigenvalue weighted by Gasteiger charge is 2.49. The molecule has 0 nitrogen and oxygen atoms in total. The summed E-state index contributed by atoms with van der Waals surface area (Å²) in [5.41, 5.74) is 26.9. The Balaban J connectivity index is 0.000000325. The van der Waals surface area contributed by atoms with Gasteiger partial charge in [-0.2, -0.15) is 0 Å². The van der Waals surface area contributed by atoms with Gasteiger partial charge in [-0.25, -0.2) is 0 Å². The first kappa shape index (κ1) is 54.5.